The third-order valence-corrected chi connectivity index (χ3v) is 5.70. The van der Waals surface area contributed by atoms with Gasteiger partial charge in [-0.3, -0.25) is 4.90 Å². The molecule has 1 aromatic carbocycles. The van der Waals surface area contributed by atoms with Gasteiger partial charge in [-0.2, -0.15) is 0 Å². The maximum atomic E-state index is 12.5. The van der Waals surface area contributed by atoms with Gasteiger partial charge in [-0.1, -0.05) is 23.7 Å². The minimum Gasteiger partial charge on any atom is -0.483 e. The Morgan fingerprint density at radius 3 is 2.78 bits per heavy atom. The molecular formula is C20H23ClN2O3S. The van der Waals surface area contributed by atoms with Gasteiger partial charge in [0.15, 0.2) is 6.40 Å². The highest BCUT2D eigenvalue weighted by Gasteiger charge is 2.28. The molecule has 0 saturated heterocycles. The van der Waals surface area contributed by atoms with Gasteiger partial charge in [0.1, 0.15) is 10.6 Å². The van der Waals surface area contributed by atoms with Gasteiger partial charge >= 0.3 is 5.97 Å². The van der Waals surface area contributed by atoms with Crippen molar-refractivity contribution in [2.24, 2.45) is 4.99 Å². The Bertz CT molecular complexity index is 817. The van der Waals surface area contributed by atoms with Crippen LogP contribution in [0, 0.1) is 0 Å². The Hall–Kier alpha value is -1.89. The number of thiophene rings is 1. The summed E-state index contributed by atoms with van der Waals surface area (Å²) in [4.78, 5) is 20.4. The summed E-state index contributed by atoms with van der Waals surface area (Å²) in [5.41, 5.74) is 2.88. The average Bonchev–Trinajstić information content (AvgIpc) is 3.01. The largest absolute Gasteiger partial charge is 0.483 e. The zero-order valence-corrected chi connectivity index (χ0v) is 17.1. The monoisotopic (exact) mass is 406 g/mol. The van der Waals surface area contributed by atoms with Crippen LogP contribution in [0.1, 0.15) is 40.2 Å². The molecule has 0 N–H and O–H groups in total. The summed E-state index contributed by atoms with van der Waals surface area (Å²) in [5, 5.41) is 1.41. The van der Waals surface area contributed by atoms with E-state index >= 15 is 0 Å². The van der Waals surface area contributed by atoms with E-state index in [9.17, 15) is 4.79 Å². The Morgan fingerprint density at radius 2 is 2.07 bits per heavy atom. The molecule has 1 aliphatic heterocycles. The van der Waals surface area contributed by atoms with Crippen molar-refractivity contribution in [3.8, 4) is 0 Å². The molecule has 27 heavy (non-hydrogen) atoms. The Labute approximate surface area is 168 Å². The first kappa shape index (κ1) is 19.9. The van der Waals surface area contributed by atoms with Gasteiger partial charge in [0.2, 0.25) is 0 Å². The second-order valence-electron chi connectivity index (χ2n) is 6.18. The number of carbonyl (C=O) groups is 1. The van der Waals surface area contributed by atoms with Crippen molar-refractivity contribution in [3.63, 3.8) is 0 Å². The van der Waals surface area contributed by atoms with E-state index in [1.807, 2.05) is 38.1 Å². The normalized spacial score (nSPS) is 14.3. The maximum Gasteiger partial charge on any atom is 0.341 e. The van der Waals surface area contributed by atoms with Crippen LogP contribution in [0.4, 0.5) is 5.00 Å². The first-order valence-corrected chi connectivity index (χ1v) is 10.2. The molecule has 0 unspecified atom stereocenters. The number of esters is 1. The van der Waals surface area contributed by atoms with Crippen molar-refractivity contribution in [2.45, 2.75) is 33.4 Å². The molecule has 0 radical (unpaired) electrons. The number of rotatable bonds is 7. The lowest BCUT2D eigenvalue weighted by molar-refractivity contribution is 0.0526. The molecule has 5 nitrogen and oxygen atoms in total. The molecule has 1 aliphatic rings. The summed E-state index contributed by atoms with van der Waals surface area (Å²) >= 11 is 7.51. The highest BCUT2D eigenvalue weighted by atomic mass is 35.5. The second-order valence-corrected chi connectivity index (χ2v) is 7.70. The van der Waals surface area contributed by atoms with E-state index in [-0.39, 0.29) is 5.97 Å². The van der Waals surface area contributed by atoms with Gasteiger partial charge < -0.3 is 9.47 Å². The van der Waals surface area contributed by atoms with Crippen LogP contribution in [-0.4, -0.2) is 37.0 Å². The van der Waals surface area contributed by atoms with E-state index in [0.717, 1.165) is 36.6 Å². The highest BCUT2D eigenvalue weighted by molar-refractivity contribution is 7.16. The summed E-state index contributed by atoms with van der Waals surface area (Å²) < 4.78 is 10.5. The topological polar surface area (TPSA) is 51.1 Å². The number of hydrogen-bond donors (Lipinski definition) is 0. The zero-order chi connectivity index (χ0) is 19.2. The van der Waals surface area contributed by atoms with Crippen molar-refractivity contribution in [2.75, 3.05) is 19.8 Å². The maximum absolute atomic E-state index is 12.5. The van der Waals surface area contributed by atoms with Crippen LogP contribution in [0.3, 0.4) is 0 Å². The minimum atomic E-state index is -0.301. The number of carbonyl (C=O) groups excluding carboxylic acids is 1. The number of benzene rings is 1. The number of hydrogen-bond acceptors (Lipinski definition) is 6. The molecule has 1 aromatic heterocycles. The molecular weight excluding hydrogens is 384 g/mol. The summed E-state index contributed by atoms with van der Waals surface area (Å²) in [6.45, 7) is 7.12. The molecule has 0 saturated carbocycles. The van der Waals surface area contributed by atoms with Gasteiger partial charge in [0, 0.05) is 29.5 Å². The van der Waals surface area contributed by atoms with E-state index in [2.05, 4.69) is 9.89 Å². The standard InChI is InChI=1S/C20H23ClN2O3S/c1-3-25-13-22-19-18(20(24)26-4-2)16-9-10-23(12-17(16)27-19)11-14-5-7-15(21)8-6-14/h5-8,13H,3-4,9-12H2,1-2H3/b22-13+. The molecule has 0 aliphatic carbocycles. The molecule has 3 rings (SSSR count). The lowest BCUT2D eigenvalue weighted by atomic mass is 10.0. The SMILES string of the molecule is CCO/C=N/c1sc2c(c1C(=O)OCC)CCN(Cc1ccc(Cl)cc1)C2. The molecule has 0 amide bonds. The van der Waals surface area contributed by atoms with Gasteiger partial charge in [0.05, 0.1) is 13.2 Å². The Kier molecular flexibility index (Phi) is 6.88. The summed E-state index contributed by atoms with van der Waals surface area (Å²) in [6, 6.07) is 7.93. The average molecular weight is 407 g/mol. The first-order valence-electron chi connectivity index (χ1n) is 9.05. The lowest BCUT2D eigenvalue weighted by Crippen LogP contribution is -2.29. The van der Waals surface area contributed by atoms with Crippen LogP contribution < -0.4 is 0 Å². The number of nitrogens with zero attached hydrogens (tertiary/aromatic N) is 2. The first-order chi connectivity index (χ1) is 13.1. The van der Waals surface area contributed by atoms with E-state index < -0.39 is 0 Å². The third-order valence-electron chi connectivity index (χ3n) is 4.33. The van der Waals surface area contributed by atoms with Gasteiger partial charge in [-0.05, 0) is 43.5 Å². The zero-order valence-electron chi connectivity index (χ0n) is 15.5. The fourth-order valence-electron chi connectivity index (χ4n) is 3.09. The number of aliphatic imine (C=N–C) groups is 1. The van der Waals surface area contributed by atoms with E-state index in [1.54, 1.807) is 11.3 Å². The minimum absolute atomic E-state index is 0.301. The van der Waals surface area contributed by atoms with Gasteiger partial charge in [-0.15, -0.1) is 11.3 Å². The predicted octanol–water partition coefficient (Wildman–Crippen LogP) is 4.83. The summed E-state index contributed by atoms with van der Waals surface area (Å²) in [7, 11) is 0. The Balaban J connectivity index is 1.81. The fraction of sp³-hybridized carbons (Fsp3) is 0.400. The van der Waals surface area contributed by atoms with Crippen LogP contribution in [-0.2, 0) is 29.0 Å². The fourth-order valence-corrected chi connectivity index (χ4v) is 4.43. The molecule has 7 heteroatoms. The quantitative estimate of drug-likeness (QED) is 0.375. The van der Waals surface area contributed by atoms with Crippen LogP contribution in [0.25, 0.3) is 0 Å². The van der Waals surface area contributed by atoms with Crippen molar-refractivity contribution in [1.82, 2.24) is 4.90 Å². The van der Waals surface area contributed by atoms with Crippen LogP contribution >= 0.6 is 22.9 Å². The molecule has 0 bridgehead atoms. The van der Waals surface area contributed by atoms with Crippen molar-refractivity contribution >= 4 is 40.3 Å². The predicted molar refractivity (Wildman–Crippen MR) is 109 cm³/mol. The molecule has 0 fully saturated rings. The highest BCUT2D eigenvalue weighted by Crippen LogP contribution is 2.39. The van der Waals surface area contributed by atoms with E-state index in [4.69, 9.17) is 21.1 Å². The third kappa shape index (κ3) is 4.89. The molecule has 2 aromatic rings. The summed E-state index contributed by atoms with van der Waals surface area (Å²) in [5.74, 6) is -0.301. The molecule has 0 atom stereocenters. The van der Waals surface area contributed by atoms with Gasteiger partial charge in [0.25, 0.3) is 0 Å². The van der Waals surface area contributed by atoms with Gasteiger partial charge in [-0.25, -0.2) is 9.79 Å². The summed E-state index contributed by atoms with van der Waals surface area (Å²) in [6.07, 6.45) is 2.21. The number of halogens is 1. The second kappa shape index (κ2) is 9.35. The van der Waals surface area contributed by atoms with Crippen LogP contribution in [0.2, 0.25) is 5.02 Å². The van der Waals surface area contributed by atoms with Crippen molar-refractivity contribution < 1.29 is 14.3 Å². The molecule has 144 valence electrons. The number of fused-ring (bicyclic) bond motifs is 1. The Morgan fingerprint density at radius 1 is 1.30 bits per heavy atom. The molecule has 0 spiro atoms. The molecule has 2 heterocycles. The van der Waals surface area contributed by atoms with Crippen molar-refractivity contribution in [3.05, 3.63) is 50.9 Å². The van der Waals surface area contributed by atoms with Crippen LogP contribution in [0.15, 0.2) is 29.3 Å². The number of ether oxygens (including phenoxy) is 2. The van der Waals surface area contributed by atoms with E-state index in [1.165, 1.54) is 16.8 Å². The lowest BCUT2D eigenvalue weighted by Gasteiger charge is -2.27. The smallest absolute Gasteiger partial charge is 0.341 e. The van der Waals surface area contributed by atoms with E-state index in [0.29, 0.717) is 23.8 Å². The van der Waals surface area contributed by atoms with Crippen LogP contribution in [0.5, 0.6) is 0 Å². The van der Waals surface area contributed by atoms with Crippen molar-refractivity contribution in [1.29, 1.82) is 0 Å².